The Bertz CT molecular complexity index is 338. The minimum absolute atomic E-state index is 0.111. The predicted octanol–water partition coefficient (Wildman–Crippen LogP) is 0.747. The highest BCUT2D eigenvalue weighted by Crippen LogP contribution is 1.97. The van der Waals surface area contributed by atoms with Gasteiger partial charge in [0.05, 0.1) is 0 Å². The van der Waals surface area contributed by atoms with Gasteiger partial charge in [-0.3, -0.25) is 10.7 Å². The van der Waals surface area contributed by atoms with Crippen LogP contribution in [0, 0.1) is 5.41 Å². The molecule has 0 unspecified atom stereocenters. The Labute approximate surface area is 87.6 Å². The monoisotopic (exact) mass is 207 g/mol. The SMILES string of the molecule is CCNC(=O)NC(=N)Nc1ccccn1. The number of carbonyl (C=O) groups excluding carboxylic acids is 1. The molecule has 0 fully saturated rings. The molecule has 15 heavy (non-hydrogen) atoms. The zero-order valence-corrected chi connectivity index (χ0v) is 8.37. The number of amides is 2. The van der Waals surface area contributed by atoms with Crippen molar-refractivity contribution in [3.8, 4) is 0 Å². The summed E-state index contributed by atoms with van der Waals surface area (Å²) in [5.74, 6) is 0.402. The molecule has 2 amide bonds. The van der Waals surface area contributed by atoms with Crippen LogP contribution in [0.25, 0.3) is 0 Å². The van der Waals surface area contributed by atoms with Crippen molar-refractivity contribution < 1.29 is 4.79 Å². The van der Waals surface area contributed by atoms with Crippen LogP contribution in [0.1, 0.15) is 6.92 Å². The highest BCUT2D eigenvalue weighted by atomic mass is 16.2. The van der Waals surface area contributed by atoms with Crippen LogP contribution in [0.2, 0.25) is 0 Å². The fourth-order valence-electron chi connectivity index (χ4n) is 0.914. The summed E-state index contributed by atoms with van der Waals surface area (Å²) in [5.41, 5.74) is 0. The molecule has 1 aromatic rings. The first-order chi connectivity index (χ1) is 7.22. The molecule has 1 aromatic heterocycles. The largest absolute Gasteiger partial charge is 0.338 e. The summed E-state index contributed by atoms with van der Waals surface area (Å²) in [5, 5.41) is 14.9. The molecule has 0 aromatic carbocycles. The summed E-state index contributed by atoms with van der Waals surface area (Å²) in [6.07, 6.45) is 1.60. The van der Waals surface area contributed by atoms with Crippen LogP contribution >= 0.6 is 0 Å². The summed E-state index contributed by atoms with van der Waals surface area (Å²) in [4.78, 5) is 15.0. The molecular weight excluding hydrogens is 194 g/mol. The fraction of sp³-hybridized carbons (Fsp3) is 0.222. The zero-order chi connectivity index (χ0) is 11.1. The van der Waals surface area contributed by atoms with E-state index in [1.165, 1.54) is 0 Å². The maximum Gasteiger partial charge on any atom is 0.321 e. The first kappa shape index (κ1) is 11.0. The molecule has 6 nitrogen and oxygen atoms in total. The lowest BCUT2D eigenvalue weighted by Gasteiger charge is -2.08. The Morgan fingerprint density at radius 3 is 2.93 bits per heavy atom. The van der Waals surface area contributed by atoms with E-state index < -0.39 is 6.03 Å². The summed E-state index contributed by atoms with van der Waals surface area (Å²) in [6, 6.07) is 4.85. The summed E-state index contributed by atoms with van der Waals surface area (Å²) in [7, 11) is 0. The molecule has 0 spiro atoms. The van der Waals surface area contributed by atoms with E-state index in [0.29, 0.717) is 12.4 Å². The number of urea groups is 1. The molecule has 0 saturated heterocycles. The third-order valence-corrected chi connectivity index (χ3v) is 1.49. The Morgan fingerprint density at radius 1 is 1.53 bits per heavy atom. The number of nitrogens with zero attached hydrogens (tertiary/aromatic N) is 1. The van der Waals surface area contributed by atoms with Crippen LogP contribution in [0.15, 0.2) is 24.4 Å². The lowest BCUT2D eigenvalue weighted by molar-refractivity contribution is 0.246. The third-order valence-electron chi connectivity index (χ3n) is 1.49. The van der Waals surface area contributed by atoms with E-state index in [-0.39, 0.29) is 5.96 Å². The highest BCUT2D eigenvalue weighted by molar-refractivity contribution is 6.01. The Kier molecular flexibility index (Phi) is 4.08. The number of hydrogen-bond acceptors (Lipinski definition) is 3. The Morgan fingerprint density at radius 2 is 2.33 bits per heavy atom. The van der Waals surface area contributed by atoms with Crippen molar-refractivity contribution in [2.75, 3.05) is 11.9 Å². The van der Waals surface area contributed by atoms with Crippen molar-refractivity contribution in [3.63, 3.8) is 0 Å². The number of pyridine rings is 1. The molecule has 80 valence electrons. The molecule has 1 rings (SSSR count). The molecule has 0 aliphatic rings. The number of hydrogen-bond donors (Lipinski definition) is 4. The van der Waals surface area contributed by atoms with Crippen molar-refractivity contribution in [1.82, 2.24) is 15.6 Å². The smallest absolute Gasteiger partial charge is 0.321 e. The summed E-state index contributed by atoms with van der Waals surface area (Å²) >= 11 is 0. The molecule has 0 bridgehead atoms. The fourth-order valence-corrected chi connectivity index (χ4v) is 0.914. The van der Waals surface area contributed by atoms with Gasteiger partial charge in [-0.1, -0.05) is 6.07 Å². The molecule has 0 radical (unpaired) electrons. The van der Waals surface area contributed by atoms with E-state index >= 15 is 0 Å². The van der Waals surface area contributed by atoms with E-state index in [0.717, 1.165) is 0 Å². The molecule has 0 aliphatic heterocycles. The predicted molar refractivity (Wildman–Crippen MR) is 57.8 cm³/mol. The second-order valence-electron chi connectivity index (χ2n) is 2.70. The third kappa shape index (κ3) is 4.08. The highest BCUT2D eigenvalue weighted by Gasteiger charge is 2.02. The van der Waals surface area contributed by atoms with Gasteiger partial charge in [-0.25, -0.2) is 9.78 Å². The molecule has 0 aliphatic carbocycles. The molecule has 0 saturated carbocycles. The van der Waals surface area contributed by atoms with E-state index in [1.54, 1.807) is 31.3 Å². The van der Waals surface area contributed by atoms with Crippen LogP contribution in [-0.2, 0) is 0 Å². The summed E-state index contributed by atoms with van der Waals surface area (Å²) < 4.78 is 0. The minimum Gasteiger partial charge on any atom is -0.338 e. The maximum absolute atomic E-state index is 11.0. The number of carbonyl (C=O) groups is 1. The van der Waals surface area contributed by atoms with Crippen molar-refractivity contribution >= 4 is 17.8 Å². The van der Waals surface area contributed by atoms with Gasteiger partial charge < -0.3 is 10.6 Å². The van der Waals surface area contributed by atoms with Gasteiger partial charge in [0.1, 0.15) is 5.82 Å². The van der Waals surface area contributed by atoms with Gasteiger partial charge in [-0.15, -0.1) is 0 Å². The van der Waals surface area contributed by atoms with Gasteiger partial charge in [-0.2, -0.15) is 0 Å². The van der Waals surface area contributed by atoms with Gasteiger partial charge in [0.2, 0.25) is 5.96 Å². The van der Waals surface area contributed by atoms with Gasteiger partial charge in [0, 0.05) is 12.7 Å². The van der Waals surface area contributed by atoms with Crippen LogP contribution < -0.4 is 16.0 Å². The quantitative estimate of drug-likeness (QED) is 0.426. The number of rotatable bonds is 2. The number of aromatic nitrogens is 1. The molecular formula is C9H13N5O. The number of guanidine groups is 1. The van der Waals surface area contributed by atoms with Crippen molar-refractivity contribution in [3.05, 3.63) is 24.4 Å². The number of anilines is 1. The van der Waals surface area contributed by atoms with E-state index in [9.17, 15) is 4.79 Å². The van der Waals surface area contributed by atoms with Crippen molar-refractivity contribution in [2.45, 2.75) is 6.92 Å². The first-order valence-electron chi connectivity index (χ1n) is 4.54. The average Bonchev–Trinajstić information content (AvgIpc) is 2.19. The van der Waals surface area contributed by atoms with Crippen LogP contribution in [0.4, 0.5) is 10.6 Å². The lowest BCUT2D eigenvalue weighted by atomic mass is 10.5. The molecule has 6 heteroatoms. The standard InChI is InChI=1S/C9H13N5O/c1-2-11-9(15)14-8(10)13-7-5-3-4-6-12-7/h3-6H,2H2,1H3,(H4,10,11,12,13,14,15). The lowest BCUT2D eigenvalue weighted by Crippen LogP contribution is -2.42. The Balaban J connectivity index is 2.40. The van der Waals surface area contributed by atoms with Gasteiger partial charge in [-0.05, 0) is 19.1 Å². The van der Waals surface area contributed by atoms with Gasteiger partial charge >= 0.3 is 6.03 Å². The summed E-state index contributed by atoms with van der Waals surface area (Å²) in [6.45, 7) is 2.32. The van der Waals surface area contributed by atoms with Crippen molar-refractivity contribution in [1.29, 1.82) is 5.41 Å². The minimum atomic E-state index is -0.411. The van der Waals surface area contributed by atoms with Crippen molar-refractivity contribution in [2.24, 2.45) is 0 Å². The topological polar surface area (TPSA) is 89.9 Å². The van der Waals surface area contributed by atoms with Crippen LogP contribution in [0.5, 0.6) is 0 Å². The second kappa shape index (κ2) is 5.58. The van der Waals surface area contributed by atoms with E-state index in [1.807, 2.05) is 0 Å². The van der Waals surface area contributed by atoms with Crippen LogP contribution in [-0.4, -0.2) is 23.5 Å². The van der Waals surface area contributed by atoms with E-state index in [2.05, 4.69) is 20.9 Å². The molecule has 0 atom stereocenters. The number of nitrogens with one attached hydrogen (secondary N) is 4. The second-order valence-corrected chi connectivity index (χ2v) is 2.70. The molecule has 1 heterocycles. The molecule has 4 N–H and O–H groups in total. The normalized spacial score (nSPS) is 9.13. The van der Waals surface area contributed by atoms with Crippen LogP contribution in [0.3, 0.4) is 0 Å². The van der Waals surface area contributed by atoms with Gasteiger partial charge in [0.25, 0.3) is 0 Å². The Hall–Kier alpha value is -2.11. The van der Waals surface area contributed by atoms with E-state index in [4.69, 9.17) is 5.41 Å². The zero-order valence-electron chi connectivity index (χ0n) is 8.37. The first-order valence-corrected chi connectivity index (χ1v) is 4.54. The maximum atomic E-state index is 11.0. The average molecular weight is 207 g/mol. The van der Waals surface area contributed by atoms with Gasteiger partial charge in [0.15, 0.2) is 0 Å².